The van der Waals surface area contributed by atoms with Crippen LogP contribution in [-0.2, 0) is 0 Å². The number of hydrogen-bond acceptors (Lipinski definition) is 5. The summed E-state index contributed by atoms with van der Waals surface area (Å²) < 4.78 is 6.08. The van der Waals surface area contributed by atoms with Crippen LogP contribution in [0.4, 0.5) is 11.4 Å². The number of para-hydroxylation sites is 2. The summed E-state index contributed by atoms with van der Waals surface area (Å²) in [6.07, 6.45) is 0.705. The summed E-state index contributed by atoms with van der Waals surface area (Å²) in [4.78, 5) is 36.6. The van der Waals surface area contributed by atoms with Gasteiger partial charge in [0.1, 0.15) is 17.7 Å². The molecule has 0 aliphatic rings. The molecule has 0 atom stereocenters. The molecule has 0 heterocycles. The number of nitrogen functional groups attached to an aromatic ring is 1. The van der Waals surface area contributed by atoms with Gasteiger partial charge < -0.3 is 15.8 Å². The lowest BCUT2D eigenvalue weighted by Gasteiger charge is -2.16. The molecule has 6 heteroatoms. The second-order valence-corrected chi connectivity index (χ2v) is 7.21. The molecule has 0 aromatic heterocycles. The lowest BCUT2D eigenvalue weighted by atomic mass is 10.0. The number of ether oxygens (including phenoxy) is 1. The molecule has 0 bridgehead atoms. The zero-order valence-electron chi connectivity index (χ0n) is 17.5. The standard InChI is InChI=1S/C27H20N2O4/c28-22-10-6-12-24(25(22)29-27(32)20-15-13-18(17-30)14-16-20)33-23-11-5-4-9-21(23)26(31)19-7-2-1-3-8-19/h1-17H,28H2,(H,29,32). The summed E-state index contributed by atoms with van der Waals surface area (Å²) in [5.74, 6) is 0.0313. The van der Waals surface area contributed by atoms with Gasteiger partial charge in [-0.3, -0.25) is 14.4 Å². The Labute approximate surface area is 190 Å². The van der Waals surface area contributed by atoms with Gasteiger partial charge in [-0.2, -0.15) is 0 Å². The molecule has 0 spiro atoms. The molecule has 0 aliphatic carbocycles. The van der Waals surface area contributed by atoms with Crippen LogP contribution in [0.2, 0.25) is 0 Å². The van der Waals surface area contributed by atoms with Gasteiger partial charge in [0.2, 0.25) is 0 Å². The molecule has 4 aromatic rings. The number of nitrogens with two attached hydrogens (primary N) is 1. The van der Waals surface area contributed by atoms with E-state index in [1.165, 1.54) is 0 Å². The molecular formula is C27H20N2O4. The van der Waals surface area contributed by atoms with Gasteiger partial charge in [-0.15, -0.1) is 0 Å². The van der Waals surface area contributed by atoms with Crippen LogP contribution >= 0.6 is 0 Å². The molecule has 1 amide bonds. The third kappa shape index (κ3) is 4.80. The normalized spacial score (nSPS) is 10.3. The lowest BCUT2D eigenvalue weighted by Crippen LogP contribution is -2.14. The number of ketones is 1. The van der Waals surface area contributed by atoms with Crippen LogP contribution in [-0.4, -0.2) is 18.0 Å². The van der Waals surface area contributed by atoms with E-state index >= 15 is 0 Å². The smallest absolute Gasteiger partial charge is 0.255 e. The number of benzene rings is 4. The van der Waals surface area contributed by atoms with Gasteiger partial charge in [0.05, 0.1) is 11.3 Å². The van der Waals surface area contributed by atoms with E-state index in [2.05, 4.69) is 5.32 Å². The maximum atomic E-state index is 13.0. The SMILES string of the molecule is Nc1cccc(Oc2ccccc2C(=O)c2ccccc2)c1NC(=O)c1ccc(C=O)cc1. The van der Waals surface area contributed by atoms with Crippen molar-refractivity contribution in [3.05, 3.63) is 119 Å². The molecule has 0 aliphatic heterocycles. The molecule has 162 valence electrons. The van der Waals surface area contributed by atoms with Crippen LogP contribution in [0.5, 0.6) is 11.5 Å². The molecule has 0 unspecified atom stereocenters. The van der Waals surface area contributed by atoms with Crippen LogP contribution in [0.3, 0.4) is 0 Å². The van der Waals surface area contributed by atoms with Gasteiger partial charge in [-0.25, -0.2) is 0 Å². The van der Waals surface area contributed by atoms with Crippen molar-refractivity contribution in [3.63, 3.8) is 0 Å². The molecular weight excluding hydrogens is 416 g/mol. The Hall–Kier alpha value is -4.71. The van der Waals surface area contributed by atoms with E-state index in [1.807, 2.05) is 6.07 Å². The second-order valence-electron chi connectivity index (χ2n) is 7.21. The summed E-state index contributed by atoms with van der Waals surface area (Å²) >= 11 is 0. The molecule has 33 heavy (non-hydrogen) atoms. The molecule has 0 saturated carbocycles. The number of carbonyl (C=O) groups is 3. The highest BCUT2D eigenvalue weighted by atomic mass is 16.5. The van der Waals surface area contributed by atoms with Crippen molar-refractivity contribution in [1.82, 2.24) is 0 Å². The van der Waals surface area contributed by atoms with Crippen LogP contribution < -0.4 is 15.8 Å². The van der Waals surface area contributed by atoms with Crippen molar-refractivity contribution < 1.29 is 19.1 Å². The molecule has 4 aromatic carbocycles. The molecule has 4 rings (SSSR count). The molecule has 6 nitrogen and oxygen atoms in total. The number of nitrogens with one attached hydrogen (secondary N) is 1. The zero-order valence-corrected chi connectivity index (χ0v) is 17.5. The van der Waals surface area contributed by atoms with E-state index < -0.39 is 5.91 Å². The third-order valence-electron chi connectivity index (χ3n) is 4.99. The highest BCUT2D eigenvalue weighted by Crippen LogP contribution is 2.36. The van der Waals surface area contributed by atoms with Gasteiger partial charge >= 0.3 is 0 Å². The predicted octanol–water partition coefficient (Wildman–Crippen LogP) is 5.36. The topological polar surface area (TPSA) is 98.5 Å². The predicted molar refractivity (Wildman–Crippen MR) is 127 cm³/mol. The van der Waals surface area contributed by atoms with Crippen molar-refractivity contribution in [1.29, 1.82) is 0 Å². The largest absolute Gasteiger partial charge is 0.454 e. The summed E-state index contributed by atoms with van der Waals surface area (Å²) in [6.45, 7) is 0. The van der Waals surface area contributed by atoms with Crippen LogP contribution in [0.25, 0.3) is 0 Å². The minimum absolute atomic E-state index is 0.184. The van der Waals surface area contributed by atoms with Crippen molar-refractivity contribution in [2.45, 2.75) is 0 Å². The first kappa shape index (κ1) is 21.5. The van der Waals surface area contributed by atoms with Crippen molar-refractivity contribution in [3.8, 4) is 11.5 Å². The maximum absolute atomic E-state index is 13.0. The fraction of sp³-hybridized carbons (Fsp3) is 0. The van der Waals surface area contributed by atoms with E-state index in [0.29, 0.717) is 45.7 Å². The van der Waals surface area contributed by atoms with Gasteiger partial charge in [0, 0.05) is 16.7 Å². The van der Waals surface area contributed by atoms with E-state index in [1.54, 1.807) is 91.0 Å². The Morgan fingerprint density at radius 1 is 0.727 bits per heavy atom. The number of anilines is 2. The van der Waals surface area contributed by atoms with Crippen molar-refractivity contribution in [2.75, 3.05) is 11.1 Å². The monoisotopic (exact) mass is 436 g/mol. The average molecular weight is 436 g/mol. The Morgan fingerprint density at radius 2 is 1.39 bits per heavy atom. The third-order valence-corrected chi connectivity index (χ3v) is 4.99. The quantitative estimate of drug-likeness (QED) is 0.231. The van der Waals surface area contributed by atoms with Crippen molar-refractivity contribution in [2.24, 2.45) is 0 Å². The van der Waals surface area contributed by atoms with Crippen LogP contribution in [0, 0.1) is 0 Å². The molecule has 0 fully saturated rings. The fourth-order valence-corrected chi connectivity index (χ4v) is 3.27. The van der Waals surface area contributed by atoms with Gasteiger partial charge in [-0.05, 0) is 36.4 Å². The first-order valence-electron chi connectivity index (χ1n) is 10.2. The van der Waals surface area contributed by atoms with Crippen molar-refractivity contribution >= 4 is 29.4 Å². The number of aldehydes is 1. The first-order valence-corrected chi connectivity index (χ1v) is 10.2. The number of carbonyl (C=O) groups excluding carboxylic acids is 3. The molecule has 0 saturated heterocycles. The van der Waals surface area contributed by atoms with E-state index in [-0.39, 0.29) is 11.5 Å². The second kappa shape index (κ2) is 9.62. The zero-order chi connectivity index (χ0) is 23.2. The Balaban J connectivity index is 1.64. The minimum Gasteiger partial charge on any atom is -0.454 e. The van der Waals surface area contributed by atoms with Crippen LogP contribution in [0.1, 0.15) is 36.6 Å². The molecule has 0 radical (unpaired) electrons. The minimum atomic E-state index is -0.413. The summed E-state index contributed by atoms with van der Waals surface area (Å²) in [7, 11) is 0. The molecule has 3 N–H and O–H groups in total. The number of hydrogen-bond donors (Lipinski definition) is 2. The van der Waals surface area contributed by atoms with Crippen LogP contribution in [0.15, 0.2) is 97.1 Å². The van der Waals surface area contributed by atoms with E-state index in [9.17, 15) is 14.4 Å². The Kier molecular flexibility index (Phi) is 6.27. The Bertz CT molecular complexity index is 1320. The highest BCUT2D eigenvalue weighted by molar-refractivity contribution is 6.11. The van der Waals surface area contributed by atoms with Gasteiger partial charge in [0.15, 0.2) is 11.5 Å². The average Bonchev–Trinajstić information content (AvgIpc) is 2.86. The van der Waals surface area contributed by atoms with Gasteiger partial charge in [0.25, 0.3) is 5.91 Å². The first-order chi connectivity index (χ1) is 16.1. The van der Waals surface area contributed by atoms with Gasteiger partial charge in [-0.1, -0.05) is 60.7 Å². The van der Waals surface area contributed by atoms with E-state index in [4.69, 9.17) is 10.5 Å². The Morgan fingerprint density at radius 3 is 2.12 bits per heavy atom. The number of rotatable bonds is 7. The fourth-order valence-electron chi connectivity index (χ4n) is 3.27. The highest BCUT2D eigenvalue weighted by Gasteiger charge is 2.18. The summed E-state index contributed by atoms with van der Waals surface area (Å²) in [6, 6.07) is 27.0. The summed E-state index contributed by atoms with van der Waals surface area (Å²) in [5, 5.41) is 2.77. The summed E-state index contributed by atoms with van der Waals surface area (Å²) in [5.41, 5.74) is 8.45. The maximum Gasteiger partial charge on any atom is 0.255 e. The lowest BCUT2D eigenvalue weighted by molar-refractivity contribution is 0.102. The van der Waals surface area contributed by atoms with E-state index in [0.717, 1.165) is 0 Å². The number of amides is 1.